The minimum atomic E-state index is -0.838. The lowest BCUT2D eigenvalue weighted by molar-refractivity contribution is -0.0546. The van der Waals surface area contributed by atoms with E-state index in [-0.39, 0.29) is 0 Å². The van der Waals surface area contributed by atoms with Gasteiger partial charge in [-0.25, -0.2) is 5.11 Å². The average Bonchev–Trinajstić information content (AvgIpc) is 2.37. The van der Waals surface area contributed by atoms with Gasteiger partial charge in [-0.3, -0.25) is 0 Å². The van der Waals surface area contributed by atoms with Crippen LogP contribution >= 0.6 is 0 Å². The molecule has 1 aromatic rings. The van der Waals surface area contributed by atoms with E-state index in [0.29, 0.717) is 0 Å². The van der Waals surface area contributed by atoms with Crippen LogP contribution in [0.3, 0.4) is 0 Å². The molecular weight excluding hydrogens is 232 g/mol. The van der Waals surface area contributed by atoms with Crippen molar-refractivity contribution in [1.82, 2.24) is 0 Å². The monoisotopic (exact) mass is 259 g/mol. The van der Waals surface area contributed by atoms with Crippen molar-refractivity contribution < 1.29 is 5.11 Å². The minimum Gasteiger partial charge on any atom is -0.224 e. The minimum absolute atomic E-state index is 0.816. The third-order valence-corrected chi connectivity index (χ3v) is 4.53. The fourth-order valence-corrected chi connectivity index (χ4v) is 3.42. The van der Waals surface area contributed by atoms with Crippen LogP contribution in [0, 0.1) is 13.8 Å². The molecule has 0 unspecified atom stereocenters. The summed E-state index contributed by atoms with van der Waals surface area (Å²) in [5.74, 6) is 0. The Morgan fingerprint density at radius 1 is 0.842 bits per heavy atom. The SMILES string of the molecule is Cc1ccc(C2([O])CCCCCCCCC2)c(C)c1. The van der Waals surface area contributed by atoms with E-state index < -0.39 is 5.60 Å². The van der Waals surface area contributed by atoms with Crippen LogP contribution in [0.4, 0.5) is 0 Å². The summed E-state index contributed by atoms with van der Waals surface area (Å²) in [6, 6.07) is 6.35. The highest BCUT2D eigenvalue weighted by molar-refractivity contribution is 5.34. The lowest BCUT2D eigenvalue weighted by Crippen LogP contribution is -2.25. The van der Waals surface area contributed by atoms with Gasteiger partial charge in [0.15, 0.2) is 0 Å². The Kier molecular flexibility index (Phi) is 5.04. The highest BCUT2D eigenvalue weighted by atomic mass is 16.3. The van der Waals surface area contributed by atoms with Gasteiger partial charge in [-0.15, -0.1) is 0 Å². The first kappa shape index (κ1) is 14.6. The summed E-state index contributed by atoms with van der Waals surface area (Å²) in [6.07, 6.45) is 10.3. The first-order chi connectivity index (χ1) is 9.12. The van der Waals surface area contributed by atoms with Gasteiger partial charge in [-0.2, -0.15) is 0 Å². The van der Waals surface area contributed by atoms with Crippen molar-refractivity contribution >= 4 is 0 Å². The maximum atomic E-state index is 13.3. The number of benzene rings is 1. The van der Waals surface area contributed by atoms with E-state index in [2.05, 4.69) is 32.0 Å². The van der Waals surface area contributed by atoms with E-state index >= 15 is 0 Å². The smallest absolute Gasteiger partial charge is 0.129 e. The molecule has 1 fully saturated rings. The molecule has 1 aromatic carbocycles. The van der Waals surface area contributed by atoms with Gasteiger partial charge < -0.3 is 0 Å². The van der Waals surface area contributed by atoms with E-state index in [1.165, 1.54) is 43.2 Å². The summed E-state index contributed by atoms with van der Waals surface area (Å²) in [5.41, 5.74) is 2.66. The number of rotatable bonds is 1. The van der Waals surface area contributed by atoms with Crippen molar-refractivity contribution in [3.63, 3.8) is 0 Å². The molecule has 2 rings (SSSR count). The Bertz CT molecular complexity index is 398. The van der Waals surface area contributed by atoms with Gasteiger partial charge in [0, 0.05) is 0 Å². The second-order valence-electron chi connectivity index (χ2n) is 6.29. The van der Waals surface area contributed by atoms with E-state index in [0.717, 1.165) is 31.2 Å². The van der Waals surface area contributed by atoms with Gasteiger partial charge in [0.25, 0.3) is 0 Å². The summed E-state index contributed by atoms with van der Waals surface area (Å²) in [7, 11) is 0. The molecule has 0 saturated heterocycles. The van der Waals surface area contributed by atoms with Crippen molar-refractivity contribution in [1.29, 1.82) is 0 Å². The lowest BCUT2D eigenvalue weighted by atomic mass is 9.80. The summed E-state index contributed by atoms with van der Waals surface area (Å²) >= 11 is 0. The molecule has 1 saturated carbocycles. The highest BCUT2D eigenvalue weighted by Gasteiger charge is 2.32. The van der Waals surface area contributed by atoms with Crippen molar-refractivity contribution in [3.05, 3.63) is 34.9 Å². The largest absolute Gasteiger partial charge is 0.224 e. The molecule has 0 heterocycles. The Balaban J connectivity index is 2.20. The Hall–Kier alpha value is -0.820. The van der Waals surface area contributed by atoms with E-state index in [9.17, 15) is 5.11 Å². The molecule has 0 amide bonds. The molecule has 19 heavy (non-hydrogen) atoms. The first-order valence-electron chi connectivity index (χ1n) is 7.90. The lowest BCUT2D eigenvalue weighted by Gasteiger charge is -2.29. The Morgan fingerprint density at radius 2 is 1.37 bits per heavy atom. The molecule has 1 aliphatic rings. The maximum absolute atomic E-state index is 13.3. The Morgan fingerprint density at radius 3 is 1.89 bits per heavy atom. The zero-order valence-corrected chi connectivity index (χ0v) is 12.5. The van der Waals surface area contributed by atoms with Crippen molar-refractivity contribution in [3.8, 4) is 0 Å². The second kappa shape index (κ2) is 6.56. The highest BCUT2D eigenvalue weighted by Crippen LogP contribution is 2.36. The van der Waals surface area contributed by atoms with Gasteiger partial charge in [0.05, 0.1) is 0 Å². The topological polar surface area (TPSA) is 19.9 Å². The molecule has 0 aromatic heterocycles. The summed E-state index contributed by atoms with van der Waals surface area (Å²) in [6.45, 7) is 4.20. The van der Waals surface area contributed by atoms with Gasteiger partial charge in [-0.05, 0) is 37.8 Å². The Labute approximate surface area is 118 Å². The van der Waals surface area contributed by atoms with Crippen LogP contribution in [-0.2, 0) is 10.7 Å². The van der Waals surface area contributed by atoms with Crippen molar-refractivity contribution in [2.75, 3.05) is 0 Å². The molecule has 0 aliphatic heterocycles. The van der Waals surface area contributed by atoms with Crippen LogP contribution in [0.2, 0.25) is 0 Å². The van der Waals surface area contributed by atoms with Crippen LogP contribution in [0.5, 0.6) is 0 Å². The van der Waals surface area contributed by atoms with Crippen molar-refractivity contribution in [2.24, 2.45) is 0 Å². The molecule has 0 bridgehead atoms. The van der Waals surface area contributed by atoms with Crippen LogP contribution in [0.15, 0.2) is 18.2 Å². The summed E-state index contributed by atoms with van der Waals surface area (Å²) in [4.78, 5) is 0. The number of aryl methyl sites for hydroxylation is 2. The summed E-state index contributed by atoms with van der Waals surface area (Å²) in [5, 5.41) is 13.3. The van der Waals surface area contributed by atoms with Gasteiger partial charge >= 0.3 is 0 Å². The zero-order chi connectivity index (χ0) is 13.7. The molecule has 0 atom stereocenters. The molecule has 1 nitrogen and oxygen atoms in total. The third kappa shape index (κ3) is 3.82. The third-order valence-electron chi connectivity index (χ3n) is 4.53. The fourth-order valence-electron chi connectivity index (χ4n) is 3.42. The first-order valence-corrected chi connectivity index (χ1v) is 7.90. The number of hydrogen-bond donors (Lipinski definition) is 0. The van der Waals surface area contributed by atoms with Crippen molar-refractivity contribution in [2.45, 2.75) is 77.2 Å². The fraction of sp³-hybridized carbons (Fsp3) is 0.667. The standard InChI is InChI=1S/C18H27O/c1-15-10-11-17(16(2)14-15)18(19)12-8-6-4-3-5-7-9-13-18/h10-11,14H,3-9,12-13H2,1-2H3. The molecule has 0 N–H and O–H groups in total. The van der Waals surface area contributed by atoms with E-state index in [4.69, 9.17) is 0 Å². The zero-order valence-electron chi connectivity index (χ0n) is 12.5. The maximum Gasteiger partial charge on any atom is 0.129 e. The normalized spacial score (nSPS) is 21.0. The van der Waals surface area contributed by atoms with Crippen LogP contribution in [-0.4, -0.2) is 0 Å². The van der Waals surface area contributed by atoms with E-state index in [1.54, 1.807) is 0 Å². The number of hydrogen-bond acceptors (Lipinski definition) is 0. The summed E-state index contributed by atoms with van der Waals surface area (Å²) < 4.78 is 0. The second-order valence-corrected chi connectivity index (χ2v) is 6.29. The quantitative estimate of drug-likeness (QED) is 0.638. The molecule has 105 valence electrons. The molecule has 0 spiro atoms. The van der Waals surface area contributed by atoms with Gasteiger partial charge in [-0.1, -0.05) is 68.7 Å². The predicted molar refractivity (Wildman–Crippen MR) is 79.8 cm³/mol. The molecule has 1 heteroatoms. The average molecular weight is 259 g/mol. The van der Waals surface area contributed by atoms with Gasteiger partial charge in [0.1, 0.15) is 5.60 Å². The molecule has 1 aliphatic carbocycles. The van der Waals surface area contributed by atoms with Gasteiger partial charge in [0.2, 0.25) is 0 Å². The van der Waals surface area contributed by atoms with Crippen LogP contribution < -0.4 is 0 Å². The van der Waals surface area contributed by atoms with E-state index in [1.807, 2.05) is 0 Å². The van der Waals surface area contributed by atoms with Crippen LogP contribution in [0.25, 0.3) is 0 Å². The predicted octanol–water partition coefficient (Wildman–Crippen LogP) is 5.45. The molecule has 1 radical (unpaired) electrons. The molecular formula is C18H27O. The van der Waals surface area contributed by atoms with Crippen LogP contribution in [0.1, 0.15) is 74.5 Å².